The van der Waals surface area contributed by atoms with Gasteiger partial charge in [0.2, 0.25) is 0 Å². The summed E-state index contributed by atoms with van der Waals surface area (Å²) in [6, 6.07) is 10.2. The molecule has 0 saturated carbocycles. The van der Waals surface area contributed by atoms with Crippen molar-refractivity contribution in [1.82, 2.24) is 19.6 Å². The number of benzene rings is 1. The van der Waals surface area contributed by atoms with Gasteiger partial charge in [-0.15, -0.1) is 0 Å². The van der Waals surface area contributed by atoms with E-state index in [-0.39, 0.29) is 17.8 Å². The highest BCUT2D eigenvalue weighted by Gasteiger charge is 2.17. The molecule has 3 rings (SSSR count). The minimum Gasteiger partial charge on any atom is -0.349 e. The van der Waals surface area contributed by atoms with E-state index in [9.17, 15) is 9.18 Å². The Morgan fingerprint density at radius 3 is 2.84 bits per heavy atom. The number of aromatic nitrogens is 2. The lowest BCUT2D eigenvalue weighted by Gasteiger charge is -2.25. The summed E-state index contributed by atoms with van der Waals surface area (Å²) in [6.07, 6.45) is 3.58. The number of likely N-dealkylation sites (N-methyl/N-ethyl adjacent to an activating group) is 1. The van der Waals surface area contributed by atoms with E-state index in [0.29, 0.717) is 12.2 Å². The lowest BCUT2D eigenvalue weighted by Crippen LogP contribution is -2.34. The van der Waals surface area contributed by atoms with Crippen molar-refractivity contribution in [3.63, 3.8) is 0 Å². The topological polar surface area (TPSA) is 49.6 Å². The molecule has 1 N–H and O–H groups in total. The third kappa shape index (κ3) is 3.85. The maximum Gasteiger partial charge on any atom is 0.271 e. The number of carbonyl (C=O) groups excluding carboxylic acids is 1. The number of aryl methyl sites for hydroxylation is 1. The summed E-state index contributed by atoms with van der Waals surface area (Å²) < 4.78 is 15.3. The zero-order valence-corrected chi connectivity index (χ0v) is 14.5. The van der Waals surface area contributed by atoms with Crippen molar-refractivity contribution in [3.05, 3.63) is 71.4 Å². The number of nitrogens with one attached hydrogen (secondary N) is 1. The van der Waals surface area contributed by atoms with Gasteiger partial charge in [-0.1, -0.05) is 12.1 Å². The van der Waals surface area contributed by atoms with E-state index < -0.39 is 0 Å². The van der Waals surface area contributed by atoms with Crippen LogP contribution in [0.5, 0.6) is 0 Å². The molecule has 0 saturated heterocycles. The highest BCUT2D eigenvalue weighted by molar-refractivity contribution is 5.92. The Balaban J connectivity index is 1.74. The molecule has 0 fully saturated rings. The maximum absolute atomic E-state index is 13.5. The van der Waals surface area contributed by atoms with Gasteiger partial charge in [0.25, 0.3) is 5.91 Å². The van der Waals surface area contributed by atoms with Crippen molar-refractivity contribution < 1.29 is 9.18 Å². The third-order valence-electron chi connectivity index (χ3n) is 4.16. The molecule has 6 heteroatoms. The van der Waals surface area contributed by atoms with Gasteiger partial charge in [0.05, 0.1) is 6.04 Å². The van der Waals surface area contributed by atoms with Gasteiger partial charge in [0, 0.05) is 18.9 Å². The summed E-state index contributed by atoms with van der Waals surface area (Å²) in [4.78, 5) is 18.8. The average molecular weight is 340 g/mol. The van der Waals surface area contributed by atoms with Crippen LogP contribution >= 0.6 is 0 Å². The molecular formula is C19H21FN4O. The number of hydrogen-bond donors (Lipinski definition) is 1. The Bertz CT molecular complexity index is 903. The van der Waals surface area contributed by atoms with Crippen molar-refractivity contribution in [2.45, 2.75) is 13.0 Å². The second-order valence-corrected chi connectivity index (χ2v) is 6.34. The number of hydrogen-bond acceptors (Lipinski definition) is 3. The molecule has 130 valence electrons. The van der Waals surface area contributed by atoms with Gasteiger partial charge in [-0.05, 0) is 56.4 Å². The summed E-state index contributed by atoms with van der Waals surface area (Å²) >= 11 is 0. The van der Waals surface area contributed by atoms with Gasteiger partial charge in [0.1, 0.15) is 17.2 Å². The van der Waals surface area contributed by atoms with E-state index in [1.54, 1.807) is 12.3 Å². The minimum absolute atomic E-state index is 0.126. The first-order valence-electron chi connectivity index (χ1n) is 8.09. The largest absolute Gasteiger partial charge is 0.349 e. The molecule has 3 aromatic rings. The molecule has 25 heavy (non-hydrogen) atoms. The van der Waals surface area contributed by atoms with E-state index >= 15 is 0 Å². The molecule has 1 atom stereocenters. The van der Waals surface area contributed by atoms with Crippen LogP contribution in [0.2, 0.25) is 0 Å². The van der Waals surface area contributed by atoms with Crippen molar-refractivity contribution >= 4 is 11.6 Å². The van der Waals surface area contributed by atoms with Gasteiger partial charge in [0.15, 0.2) is 0 Å². The first kappa shape index (κ1) is 17.1. The van der Waals surface area contributed by atoms with Crippen LogP contribution in [0.25, 0.3) is 5.65 Å². The van der Waals surface area contributed by atoms with Gasteiger partial charge >= 0.3 is 0 Å². The van der Waals surface area contributed by atoms with Crippen molar-refractivity contribution in [3.8, 4) is 0 Å². The second kappa shape index (κ2) is 7.03. The zero-order valence-electron chi connectivity index (χ0n) is 14.5. The zero-order chi connectivity index (χ0) is 18.0. The summed E-state index contributed by atoms with van der Waals surface area (Å²) in [5.41, 5.74) is 3.00. The molecule has 0 aliphatic heterocycles. The van der Waals surface area contributed by atoms with Gasteiger partial charge in [-0.2, -0.15) is 0 Å². The second-order valence-electron chi connectivity index (χ2n) is 6.34. The quantitative estimate of drug-likeness (QED) is 0.777. The highest BCUT2D eigenvalue weighted by Crippen LogP contribution is 2.18. The van der Waals surface area contributed by atoms with Crippen LogP contribution in [0.3, 0.4) is 0 Å². The smallest absolute Gasteiger partial charge is 0.271 e. The summed E-state index contributed by atoms with van der Waals surface area (Å²) in [5, 5.41) is 2.90. The number of amides is 1. The predicted molar refractivity (Wildman–Crippen MR) is 95.1 cm³/mol. The number of carbonyl (C=O) groups is 1. The maximum atomic E-state index is 13.5. The van der Waals surface area contributed by atoms with Crippen LogP contribution in [-0.2, 0) is 0 Å². The summed E-state index contributed by atoms with van der Waals surface area (Å²) in [7, 11) is 3.80. The molecule has 2 aromatic heterocycles. The minimum atomic E-state index is -0.286. The molecule has 2 heterocycles. The fraction of sp³-hybridized carbons (Fsp3) is 0.263. The molecule has 1 amide bonds. The fourth-order valence-corrected chi connectivity index (χ4v) is 2.79. The van der Waals surface area contributed by atoms with Crippen LogP contribution in [0.4, 0.5) is 4.39 Å². The van der Waals surface area contributed by atoms with E-state index in [2.05, 4.69) is 10.3 Å². The average Bonchev–Trinajstić information content (AvgIpc) is 2.97. The number of halogens is 1. The normalized spacial score (nSPS) is 12.5. The summed E-state index contributed by atoms with van der Waals surface area (Å²) in [6.45, 7) is 2.34. The molecule has 0 spiro atoms. The molecule has 0 aliphatic rings. The molecule has 0 radical (unpaired) electrons. The van der Waals surface area contributed by atoms with Gasteiger partial charge in [-0.25, -0.2) is 9.37 Å². The van der Waals surface area contributed by atoms with Crippen LogP contribution in [0.15, 0.2) is 48.8 Å². The highest BCUT2D eigenvalue weighted by atomic mass is 19.1. The molecular weight excluding hydrogens is 319 g/mol. The lowest BCUT2D eigenvalue weighted by atomic mass is 10.1. The van der Waals surface area contributed by atoms with E-state index in [1.165, 1.54) is 12.1 Å². The number of imidazole rings is 1. The summed E-state index contributed by atoms with van der Waals surface area (Å²) in [5.74, 6) is -0.531. The van der Waals surface area contributed by atoms with Crippen molar-refractivity contribution in [2.24, 2.45) is 0 Å². The van der Waals surface area contributed by atoms with Crippen molar-refractivity contribution in [1.29, 1.82) is 0 Å². The number of fused-ring (bicyclic) bond motifs is 1. The lowest BCUT2D eigenvalue weighted by molar-refractivity contribution is 0.0937. The monoisotopic (exact) mass is 340 g/mol. The molecule has 5 nitrogen and oxygen atoms in total. The standard InChI is InChI=1S/C19H21FN4O/c1-13-7-8-24-12-16(22-18(24)9-13)19(25)21-11-17(23(2)3)14-5-4-6-15(20)10-14/h4-10,12,17H,11H2,1-3H3,(H,21,25)/t17-/m0/s1. The van der Waals surface area contributed by atoms with Crippen LogP contribution in [0, 0.1) is 12.7 Å². The Morgan fingerprint density at radius 1 is 1.32 bits per heavy atom. The SMILES string of the molecule is Cc1ccn2cc(C(=O)NC[C@@H](c3cccc(F)c3)N(C)C)nc2c1. The van der Waals surface area contributed by atoms with Crippen molar-refractivity contribution in [2.75, 3.05) is 20.6 Å². The van der Waals surface area contributed by atoms with E-state index in [1.807, 2.05) is 54.7 Å². The fourth-order valence-electron chi connectivity index (χ4n) is 2.79. The molecule has 0 aliphatic carbocycles. The Kier molecular flexibility index (Phi) is 4.81. The first-order valence-corrected chi connectivity index (χ1v) is 8.09. The van der Waals surface area contributed by atoms with Crippen LogP contribution in [0.1, 0.15) is 27.7 Å². The Morgan fingerprint density at radius 2 is 2.12 bits per heavy atom. The van der Waals surface area contributed by atoms with E-state index in [0.717, 1.165) is 16.8 Å². The van der Waals surface area contributed by atoms with Crippen LogP contribution in [-0.4, -0.2) is 40.8 Å². The number of rotatable bonds is 5. The predicted octanol–water partition coefficient (Wildman–Crippen LogP) is 2.81. The van der Waals surface area contributed by atoms with E-state index in [4.69, 9.17) is 0 Å². The third-order valence-corrected chi connectivity index (χ3v) is 4.16. The Hall–Kier alpha value is -2.73. The van der Waals surface area contributed by atoms with Gasteiger partial charge in [-0.3, -0.25) is 4.79 Å². The van der Waals surface area contributed by atoms with Gasteiger partial charge < -0.3 is 14.6 Å². The number of nitrogens with zero attached hydrogens (tertiary/aromatic N) is 3. The molecule has 0 bridgehead atoms. The first-order chi connectivity index (χ1) is 11.9. The Labute approximate surface area is 146 Å². The number of pyridine rings is 1. The van der Waals surface area contributed by atoms with Crippen LogP contribution < -0.4 is 5.32 Å². The molecule has 0 unspecified atom stereocenters. The molecule has 1 aromatic carbocycles.